The summed E-state index contributed by atoms with van der Waals surface area (Å²) in [5, 5.41) is 10.6. The zero-order chi connectivity index (χ0) is 15.5. The SMILES string of the molecule is CN(CCS(=O)(=O)O)C(=O)c1ccc(Cl)c([N+](=O)[O-])c1. The monoisotopic (exact) mass is 322 g/mol. The van der Waals surface area contributed by atoms with Gasteiger partial charge in [-0.1, -0.05) is 11.6 Å². The van der Waals surface area contributed by atoms with E-state index in [4.69, 9.17) is 16.2 Å². The van der Waals surface area contributed by atoms with Gasteiger partial charge in [0.05, 0.1) is 10.7 Å². The van der Waals surface area contributed by atoms with Crippen molar-refractivity contribution in [2.75, 3.05) is 19.3 Å². The molecule has 0 heterocycles. The quantitative estimate of drug-likeness (QED) is 0.494. The van der Waals surface area contributed by atoms with E-state index in [1.54, 1.807) is 0 Å². The van der Waals surface area contributed by atoms with Gasteiger partial charge in [-0.25, -0.2) is 0 Å². The molecule has 1 amide bonds. The van der Waals surface area contributed by atoms with Crippen molar-refractivity contribution < 1.29 is 22.7 Å². The highest BCUT2D eigenvalue weighted by molar-refractivity contribution is 7.85. The number of hydrogen-bond donors (Lipinski definition) is 1. The zero-order valence-corrected chi connectivity index (χ0v) is 11.9. The van der Waals surface area contributed by atoms with E-state index in [0.29, 0.717) is 0 Å². The Hall–Kier alpha value is -1.71. The standard InChI is InChI=1S/C10H11ClN2O6S/c1-12(4-5-20(17,18)19)10(14)7-2-3-8(11)9(6-7)13(15)16/h2-3,6H,4-5H2,1H3,(H,17,18,19). The lowest BCUT2D eigenvalue weighted by Gasteiger charge is -2.16. The predicted octanol–water partition coefficient (Wildman–Crippen LogP) is 1.21. The molecule has 0 atom stereocenters. The summed E-state index contributed by atoms with van der Waals surface area (Å²) in [5.41, 5.74) is -0.417. The van der Waals surface area contributed by atoms with Crippen molar-refractivity contribution in [1.29, 1.82) is 0 Å². The highest BCUT2D eigenvalue weighted by Gasteiger charge is 2.19. The molecule has 20 heavy (non-hydrogen) atoms. The molecule has 0 aliphatic rings. The molecule has 0 aromatic heterocycles. The van der Waals surface area contributed by atoms with Gasteiger partial charge < -0.3 is 4.90 Å². The van der Waals surface area contributed by atoms with Gasteiger partial charge in [0.2, 0.25) is 0 Å². The molecule has 1 rings (SSSR count). The Morgan fingerprint density at radius 1 is 1.50 bits per heavy atom. The molecule has 8 nitrogen and oxygen atoms in total. The number of carbonyl (C=O) groups is 1. The van der Waals surface area contributed by atoms with Gasteiger partial charge in [0.15, 0.2) is 0 Å². The Kier molecular flexibility index (Phi) is 5.03. The highest BCUT2D eigenvalue weighted by atomic mass is 35.5. The summed E-state index contributed by atoms with van der Waals surface area (Å²) in [5.74, 6) is -1.24. The van der Waals surface area contributed by atoms with Crippen molar-refractivity contribution in [2.24, 2.45) is 0 Å². The second kappa shape index (κ2) is 6.16. The molecule has 110 valence electrons. The van der Waals surface area contributed by atoms with E-state index in [1.807, 2.05) is 0 Å². The van der Waals surface area contributed by atoms with E-state index in [-0.39, 0.29) is 17.1 Å². The van der Waals surface area contributed by atoms with Crippen molar-refractivity contribution in [1.82, 2.24) is 4.90 Å². The maximum absolute atomic E-state index is 11.9. The maximum atomic E-state index is 11.9. The van der Waals surface area contributed by atoms with Crippen LogP contribution in [-0.4, -0.2) is 48.0 Å². The predicted molar refractivity (Wildman–Crippen MR) is 71.5 cm³/mol. The van der Waals surface area contributed by atoms with Gasteiger partial charge in [0.1, 0.15) is 5.02 Å². The number of nitro benzene ring substituents is 1. The average Bonchev–Trinajstić information content (AvgIpc) is 2.34. The van der Waals surface area contributed by atoms with E-state index >= 15 is 0 Å². The summed E-state index contributed by atoms with van der Waals surface area (Å²) in [6, 6.07) is 3.51. The second-order valence-electron chi connectivity index (χ2n) is 3.94. The van der Waals surface area contributed by atoms with E-state index in [1.165, 1.54) is 19.2 Å². The summed E-state index contributed by atoms with van der Waals surface area (Å²) in [4.78, 5) is 22.9. The van der Waals surface area contributed by atoms with Crippen LogP contribution >= 0.6 is 11.6 Å². The fraction of sp³-hybridized carbons (Fsp3) is 0.300. The van der Waals surface area contributed by atoms with Crippen molar-refractivity contribution in [2.45, 2.75) is 0 Å². The second-order valence-corrected chi connectivity index (χ2v) is 5.92. The Balaban J connectivity index is 2.92. The lowest BCUT2D eigenvalue weighted by molar-refractivity contribution is -0.384. The van der Waals surface area contributed by atoms with Crippen molar-refractivity contribution in [3.05, 3.63) is 38.9 Å². The fourth-order valence-corrected chi connectivity index (χ4v) is 2.05. The molecule has 0 bridgehead atoms. The van der Waals surface area contributed by atoms with Gasteiger partial charge in [0.25, 0.3) is 21.7 Å². The Labute approximate surface area is 119 Å². The first-order chi connectivity index (χ1) is 9.11. The summed E-state index contributed by atoms with van der Waals surface area (Å²) >= 11 is 5.62. The number of nitro groups is 1. The molecular weight excluding hydrogens is 312 g/mol. The van der Waals surface area contributed by atoms with Crippen LogP contribution in [0.4, 0.5) is 5.69 Å². The minimum absolute atomic E-state index is 0.000984. The number of benzene rings is 1. The molecule has 1 aromatic carbocycles. The number of carbonyl (C=O) groups excluding carboxylic acids is 1. The topological polar surface area (TPSA) is 118 Å². The van der Waals surface area contributed by atoms with E-state index < -0.39 is 32.4 Å². The third kappa shape index (κ3) is 4.44. The van der Waals surface area contributed by atoms with Crippen LogP contribution < -0.4 is 0 Å². The minimum Gasteiger partial charge on any atom is -0.341 e. The van der Waals surface area contributed by atoms with E-state index in [9.17, 15) is 23.3 Å². The summed E-state index contributed by atoms with van der Waals surface area (Å²) < 4.78 is 29.8. The number of hydrogen-bond acceptors (Lipinski definition) is 5. The largest absolute Gasteiger partial charge is 0.341 e. The van der Waals surface area contributed by atoms with Crippen molar-refractivity contribution in [3.8, 4) is 0 Å². The summed E-state index contributed by atoms with van der Waals surface area (Å²) in [6.45, 7) is -0.242. The van der Waals surface area contributed by atoms with Gasteiger partial charge in [-0.05, 0) is 12.1 Å². The number of nitrogens with zero attached hydrogens (tertiary/aromatic N) is 2. The number of rotatable bonds is 5. The van der Waals surface area contributed by atoms with Gasteiger partial charge in [-0.2, -0.15) is 8.42 Å². The molecule has 0 fully saturated rings. The van der Waals surface area contributed by atoms with Gasteiger partial charge >= 0.3 is 0 Å². The molecule has 0 saturated carbocycles. The van der Waals surface area contributed by atoms with Crippen LogP contribution in [0, 0.1) is 10.1 Å². The van der Waals surface area contributed by atoms with Crippen molar-refractivity contribution >= 4 is 33.3 Å². The Morgan fingerprint density at radius 3 is 2.60 bits per heavy atom. The van der Waals surface area contributed by atoms with Crippen LogP contribution in [0.1, 0.15) is 10.4 Å². The molecule has 10 heteroatoms. The molecule has 0 spiro atoms. The summed E-state index contributed by atoms with van der Waals surface area (Å²) in [7, 11) is -2.87. The van der Waals surface area contributed by atoms with Crippen LogP contribution in [0.3, 0.4) is 0 Å². The number of halogens is 1. The van der Waals surface area contributed by atoms with Crippen LogP contribution in [-0.2, 0) is 10.1 Å². The Bertz CT molecular complexity index is 645. The smallest absolute Gasteiger partial charge is 0.288 e. The molecular formula is C10H11ClN2O6S. The minimum atomic E-state index is -4.19. The van der Waals surface area contributed by atoms with Gasteiger partial charge in [-0.3, -0.25) is 19.5 Å². The van der Waals surface area contributed by atoms with Crippen LogP contribution in [0.5, 0.6) is 0 Å². The van der Waals surface area contributed by atoms with Gasteiger partial charge in [-0.15, -0.1) is 0 Å². The average molecular weight is 323 g/mol. The molecule has 0 aliphatic carbocycles. The Morgan fingerprint density at radius 2 is 2.10 bits per heavy atom. The first kappa shape index (κ1) is 16.3. The lowest BCUT2D eigenvalue weighted by atomic mass is 10.2. The van der Waals surface area contributed by atoms with E-state index in [0.717, 1.165) is 11.0 Å². The summed E-state index contributed by atoms with van der Waals surface area (Å²) in [6.07, 6.45) is 0. The molecule has 0 unspecified atom stereocenters. The van der Waals surface area contributed by atoms with E-state index in [2.05, 4.69) is 0 Å². The third-order valence-electron chi connectivity index (χ3n) is 2.42. The van der Waals surface area contributed by atoms with Crippen LogP contribution in [0.15, 0.2) is 18.2 Å². The van der Waals surface area contributed by atoms with Crippen molar-refractivity contribution in [3.63, 3.8) is 0 Å². The normalized spacial score (nSPS) is 11.2. The van der Waals surface area contributed by atoms with Crippen LogP contribution in [0.2, 0.25) is 5.02 Å². The molecule has 0 saturated heterocycles. The lowest BCUT2D eigenvalue weighted by Crippen LogP contribution is -2.31. The highest BCUT2D eigenvalue weighted by Crippen LogP contribution is 2.25. The molecule has 1 N–H and O–H groups in total. The van der Waals surface area contributed by atoms with Crippen LogP contribution in [0.25, 0.3) is 0 Å². The maximum Gasteiger partial charge on any atom is 0.288 e. The third-order valence-corrected chi connectivity index (χ3v) is 3.44. The molecule has 0 aliphatic heterocycles. The molecule has 0 radical (unpaired) electrons. The van der Waals surface area contributed by atoms with Gasteiger partial charge in [0, 0.05) is 25.2 Å². The first-order valence-electron chi connectivity index (χ1n) is 5.26. The molecule has 1 aromatic rings. The zero-order valence-electron chi connectivity index (χ0n) is 10.3. The fourth-order valence-electron chi connectivity index (χ4n) is 1.36. The first-order valence-corrected chi connectivity index (χ1v) is 7.25. The number of amides is 1.